The molecule has 0 saturated carbocycles. The van der Waals surface area contributed by atoms with Gasteiger partial charge in [0.25, 0.3) is 5.91 Å². The average Bonchev–Trinajstić information content (AvgIpc) is 2.92. The van der Waals surface area contributed by atoms with Gasteiger partial charge in [-0.05, 0) is 68.3 Å². The number of hydrogen-bond acceptors (Lipinski definition) is 5. The van der Waals surface area contributed by atoms with Crippen LogP contribution in [0.25, 0.3) is 0 Å². The molecule has 1 unspecified atom stereocenters. The van der Waals surface area contributed by atoms with Crippen LogP contribution in [0.3, 0.4) is 0 Å². The second kappa shape index (κ2) is 15.7. The number of benzene rings is 2. The largest absolute Gasteiger partial charge is 0.494 e. The molecule has 1 fully saturated rings. The van der Waals surface area contributed by atoms with Gasteiger partial charge in [0, 0.05) is 62.8 Å². The first-order chi connectivity index (χ1) is 18.4. The molecule has 7 nitrogen and oxygen atoms in total. The third kappa shape index (κ3) is 9.61. The van der Waals surface area contributed by atoms with E-state index in [9.17, 15) is 9.59 Å². The van der Waals surface area contributed by atoms with Crippen molar-refractivity contribution >= 4 is 23.4 Å². The molecule has 2 amide bonds. The van der Waals surface area contributed by atoms with Gasteiger partial charge < -0.3 is 24.8 Å². The van der Waals surface area contributed by atoms with Crippen molar-refractivity contribution in [2.75, 3.05) is 59.5 Å². The van der Waals surface area contributed by atoms with Crippen LogP contribution in [0.15, 0.2) is 48.5 Å². The molecule has 38 heavy (non-hydrogen) atoms. The molecule has 0 spiro atoms. The van der Waals surface area contributed by atoms with Crippen LogP contribution < -0.4 is 10.1 Å². The first-order valence-electron chi connectivity index (χ1n) is 13.9. The van der Waals surface area contributed by atoms with Crippen LogP contribution in [0, 0.1) is 0 Å². The van der Waals surface area contributed by atoms with E-state index in [1.165, 1.54) is 0 Å². The zero-order chi connectivity index (χ0) is 27.3. The molecule has 1 aliphatic heterocycles. The lowest BCUT2D eigenvalue weighted by atomic mass is 10.0. The fraction of sp³-hybridized carbons (Fsp3) is 0.533. The van der Waals surface area contributed by atoms with E-state index < -0.39 is 6.04 Å². The number of nitrogens with zero attached hydrogens (tertiary/aromatic N) is 3. The van der Waals surface area contributed by atoms with Gasteiger partial charge in [-0.3, -0.25) is 9.59 Å². The number of halogens is 1. The molecule has 0 radical (unpaired) electrons. The van der Waals surface area contributed by atoms with E-state index in [-0.39, 0.29) is 11.8 Å². The van der Waals surface area contributed by atoms with Crippen LogP contribution in [0.5, 0.6) is 5.75 Å². The van der Waals surface area contributed by atoms with Crippen LogP contribution in [0.1, 0.15) is 49.0 Å². The van der Waals surface area contributed by atoms with E-state index in [1.54, 1.807) is 24.3 Å². The van der Waals surface area contributed by atoms with Gasteiger partial charge in [-0.2, -0.15) is 0 Å². The molecule has 0 bridgehead atoms. The van der Waals surface area contributed by atoms with E-state index in [2.05, 4.69) is 36.0 Å². The highest BCUT2D eigenvalue weighted by Gasteiger charge is 2.26. The van der Waals surface area contributed by atoms with Gasteiger partial charge in [-0.1, -0.05) is 37.6 Å². The Bertz CT molecular complexity index is 986. The molecule has 8 heteroatoms. The molecule has 0 aliphatic carbocycles. The van der Waals surface area contributed by atoms with E-state index in [4.69, 9.17) is 16.3 Å². The maximum atomic E-state index is 13.5. The van der Waals surface area contributed by atoms with Crippen LogP contribution >= 0.6 is 11.6 Å². The van der Waals surface area contributed by atoms with E-state index in [0.717, 1.165) is 63.3 Å². The summed E-state index contributed by atoms with van der Waals surface area (Å²) in [5, 5.41) is 3.54. The number of piperazine rings is 1. The van der Waals surface area contributed by atoms with E-state index in [1.807, 2.05) is 29.2 Å². The molecule has 0 aromatic heterocycles. The number of amides is 2. The lowest BCUT2D eigenvalue weighted by Crippen LogP contribution is -2.50. The topological polar surface area (TPSA) is 65.1 Å². The lowest BCUT2D eigenvalue weighted by Gasteiger charge is -2.32. The fourth-order valence-electron chi connectivity index (χ4n) is 4.64. The minimum Gasteiger partial charge on any atom is -0.494 e. The summed E-state index contributed by atoms with van der Waals surface area (Å²) in [5.74, 6) is 0.479. The molecule has 1 atom stereocenters. The van der Waals surface area contributed by atoms with Gasteiger partial charge >= 0.3 is 0 Å². The predicted octanol–water partition coefficient (Wildman–Crippen LogP) is 4.35. The minimum absolute atomic E-state index is 0.0553. The zero-order valence-electron chi connectivity index (χ0n) is 23.1. The zero-order valence-corrected chi connectivity index (χ0v) is 23.9. The summed E-state index contributed by atoms with van der Waals surface area (Å²) in [6, 6.07) is 13.9. The first-order valence-corrected chi connectivity index (χ1v) is 14.2. The molecule has 1 saturated heterocycles. The normalized spacial score (nSPS) is 15.2. The second-order valence-electron chi connectivity index (χ2n) is 10.1. The third-order valence-corrected chi connectivity index (χ3v) is 7.11. The molecule has 1 N–H and O–H groups in total. The molecule has 1 heterocycles. The van der Waals surface area contributed by atoms with Crippen LogP contribution in [0.4, 0.5) is 0 Å². The Hall–Kier alpha value is -2.61. The molecule has 2 aromatic carbocycles. The molecular weight excluding hydrogens is 500 g/mol. The van der Waals surface area contributed by atoms with E-state index >= 15 is 0 Å². The van der Waals surface area contributed by atoms with Crippen molar-refractivity contribution < 1.29 is 14.3 Å². The molecule has 2 aromatic rings. The Morgan fingerprint density at radius 1 is 0.974 bits per heavy atom. The van der Waals surface area contributed by atoms with Crippen LogP contribution in [-0.4, -0.2) is 92.0 Å². The number of likely N-dealkylation sites (N-methyl/N-ethyl adjacent to an activating group) is 1. The summed E-state index contributed by atoms with van der Waals surface area (Å²) >= 11 is 5.98. The van der Waals surface area contributed by atoms with Crippen LogP contribution in [0.2, 0.25) is 5.02 Å². The Morgan fingerprint density at radius 3 is 2.21 bits per heavy atom. The first kappa shape index (κ1) is 29.9. The SMILES string of the molecule is CCCN(CCC)C(=O)C(Cc1ccc(OCCCN2CCN(C)CC2)cc1)NC(=O)c1ccc(Cl)cc1. The van der Waals surface area contributed by atoms with Crippen LogP contribution in [-0.2, 0) is 11.2 Å². The number of rotatable bonds is 14. The summed E-state index contributed by atoms with van der Waals surface area (Å²) in [6.45, 7) is 11.7. The van der Waals surface area contributed by atoms with Gasteiger partial charge in [0.15, 0.2) is 0 Å². The van der Waals surface area contributed by atoms with Gasteiger partial charge in [-0.15, -0.1) is 0 Å². The minimum atomic E-state index is -0.661. The second-order valence-corrected chi connectivity index (χ2v) is 10.5. The van der Waals surface area contributed by atoms with Gasteiger partial charge in [-0.25, -0.2) is 0 Å². The van der Waals surface area contributed by atoms with Crippen molar-refractivity contribution in [1.82, 2.24) is 20.0 Å². The number of carbonyl (C=O) groups excluding carboxylic acids is 2. The third-order valence-electron chi connectivity index (χ3n) is 6.86. The standard InChI is InChI=1S/C30H43ClN4O3/c1-4-15-35(16-5-2)30(37)28(32-29(36)25-9-11-26(31)12-10-25)23-24-7-13-27(14-8-24)38-22-6-17-34-20-18-33(3)19-21-34/h7-14,28H,4-6,15-23H2,1-3H3,(H,32,36). The highest BCUT2D eigenvalue weighted by atomic mass is 35.5. The Balaban J connectivity index is 1.59. The number of nitrogens with one attached hydrogen (secondary N) is 1. The summed E-state index contributed by atoms with van der Waals surface area (Å²) < 4.78 is 5.97. The summed E-state index contributed by atoms with van der Waals surface area (Å²) in [5.41, 5.74) is 1.45. The van der Waals surface area contributed by atoms with Gasteiger partial charge in [0.05, 0.1) is 6.61 Å². The van der Waals surface area contributed by atoms with Crippen molar-refractivity contribution in [2.45, 2.75) is 45.6 Å². The van der Waals surface area contributed by atoms with Gasteiger partial charge in [0.1, 0.15) is 11.8 Å². The number of ether oxygens (including phenoxy) is 1. The maximum Gasteiger partial charge on any atom is 0.251 e. The van der Waals surface area contributed by atoms with Crippen molar-refractivity contribution in [2.24, 2.45) is 0 Å². The summed E-state index contributed by atoms with van der Waals surface area (Å²) in [4.78, 5) is 33.2. The van der Waals surface area contributed by atoms with Crippen molar-refractivity contribution in [1.29, 1.82) is 0 Å². The monoisotopic (exact) mass is 542 g/mol. The number of carbonyl (C=O) groups is 2. The Morgan fingerprint density at radius 2 is 1.61 bits per heavy atom. The molecule has 3 rings (SSSR count). The summed E-state index contributed by atoms with van der Waals surface area (Å²) in [6.07, 6.45) is 3.13. The summed E-state index contributed by atoms with van der Waals surface area (Å²) in [7, 11) is 2.17. The average molecular weight is 543 g/mol. The smallest absolute Gasteiger partial charge is 0.251 e. The van der Waals surface area contributed by atoms with Crippen molar-refractivity contribution in [3.63, 3.8) is 0 Å². The highest BCUT2D eigenvalue weighted by molar-refractivity contribution is 6.30. The Labute approximate surface area is 233 Å². The fourth-order valence-corrected chi connectivity index (χ4v) is 4.77. The van der Waals surface area contributed by atoms with Crippen molar-refractivity contribution in [3.05, 3.63) is 64.7 Å². The molecule has 208 valence electrons. The van der Waals surface area contributed by atoms with Gasteiger partial charge in [0.2, 0.25) is 5.91 Å². The van der Waals surface area contributed by atoms with Crippen molar-refractivity contribution in [3.8, 4) is 5.75 Å². The molecular formula is C30H43ClN4O3. The quantitative estimate of drug-likeness (QED) is 0.360. The lowest BCUT2D eigenvalue weighted by molar-refractivity contribution is -0.133. The maximum absolute atomic E-state index is 13.5. The predicted molar refractivity (Wildman–Crippen MR) is 154 cm³/mol. The number of hydrogen-bond donors (Lipinski definition) is 1. The highest BCUT2D eigenvalue weighted by Crippen LogP contribution is 2.16. The molecule has 1 aliphatic rings. The Kier molecular flexibility index (Phi) is 12.4. The van der Waals surface area contributed by atoms with E-state index in [0.29, 0.717) is 36.7 Å².